The first-order valence-corrected chi connectivity index (χ1v) is 7.19. The fraction of sp³-hybridized carbons (Fsp3) is 0.929. The third kappa shape index (κ3) is 1.95. The van der Waals surface area contributed by atoms with Crippen LogP contribution in [-0.2, 0) is 9.53 Å². The van der Waals surface area contributed by atoms with Crippen molar-refractivity contribution in [2.45, 2.75) is 38.5 Å². The van der Waals surface area contributed by atoms with Crippen LogP contribution in [0, 0.1) is 16.7 Å². The van der Waals surface area contributed by atoms with Gasteiger partial charge in [-0.05, 0) is 49.9 Å². The number of carbonyl (C=O) groups is 1. The Kier molecular flexibility index (Phi) is 3.10. The van der Waals surface area contributed by atoms with Gasteiger partial charge in [0.1, 0.15) is 0 Å². The molecule has 1 amide bonds. The Morgan fingerprint density at radius 1 is 1.33 bits per heavy atom. The molecule has 2 saturated carbocycles. The van der Waals surface area contributed by atoms with Crippen LogP contribution in [0.3, 0.4) is 0 Å². The first-order chi connectivity index (χ1) is 8.72. The maximum Gasteiger partial charge on any atom is 0.226 e. The van der Waals surface area contributed by atoms with E-state index < -0.39 is 0 Å². The van der Waals surface area contributed by atoms with Crippen molar-refractivity contribution in [1.82, 2.24) is 5.32 Å². The Bertz CT molecular complexity index is 334. The molecule has 0 aromatic heterocycles. The van der Waals surface area contributed by atoms with E-state index in [2.05, 4.69) is 5.32 Å². The molecular weight excluding hydrogens is 230 g/mol. The van der Waals surface area contributed by atoms with Gasteiger partial charge in [0.25, 0.3) is 0 Å². The molecule has 18 heavy (non-hydrogen) atoms. The molecule has 0 aromatic rings. The van der Waals surface area contributed by atoms with E-state index in [-0.39, 0.29) is 23.3 Å². The highest BCUT2D eigenvalue weighted by molar-refractivity contribution is 5.87. The molecule has 1 atom stereocenters. The second-order valence-corrected chi connectivity index (χ2v) is 6.28. The number of amides is 1. The van der Waals surface area contributed by atoms with Crippen LogP contribution in [0.5, 0.6) is 0 Å². The highest BCUT2D eigenvalue weighted by atomic mass is 16.5. The molecule has 3 aliphatic rings. The summed E-state index contributed by atoms with van der Waals surface area (Å²) in [6.07, 6.45) is 6.02. The van der Waals surface area contributed by atoms with Crippen molar-refractivity contribution in [3.8, 4) is 0 Å². The summed E-state index contributed by atoms with van der Waals surface area (Å²) in [7, 11) is 0. The minimum absolute atomic E-state index is 0.111. The van der Waals surface area contributed by atoms with Crippen LogP contribution in [-0.4, -0.2) is 37.4 Å². The van der Waals surface area contributed by atoms with E-state index in [1.807, 2.05) is 0 Å². The van der Waals surface area contributed by atoms with Gasteiger partial charge in [-0.25, -0.2) is 0 Å². The SMILES string of the molecule is O=C(NCC1CC1)C1(CCO)CC12CCOCC2. The summed E-state index contributed by atoms with van der Waals surface area (Å²) < 4.78 is 5.41. The molecule has 2 N–H and O–H groups in total. The summed E-state index contributed by atoms with van der Waals surface area (Å²) >= 11 is 0. The van der Waals surface area contributed by atoms with Gasteiger partial charge < -0.3 is 15.2 Å². The van der Waals surface area contributed by atoms with Crippen molar-refractivity contribution in [2.24, 2.45) is 16.7 Å². The zero-order chi connectivity index (χ0) is 12.6. The molecule has 3 rings (SSSR count). The molecule has 3 fully saturated rings. The number of carbonyl (C=O) groups excluding carboxylic acids is 1. The first-order valence-electron chi connectivity index (χ1n) is 7.19. The standard InChI is InChI=1S/C14H23NO3/c16-6-3-14(12(17)15-9-11-1-2-11)10-13(14)4-7-18-8-5-13/h11,16H,1-10H2,(H,15,17). The lowest BCUT2D eigenvalue weighted by Crippen LogP contribution is -2.39. The van der Waals surface area contributed by atoms with Gasteiger partial charge in [-0.3, -0.25) is 4.79 Å². The lowest BCUT2D eigenvalue weighted by Gasteiger charge is -2.28. The molecule has 4 nitrogen and oxygen atoms in total. The summed E-state index contributed by atoms with van der Waals surface area (Å²) in [4.78, 5) is 12.5. The first kappa shape index (κ1) is 12.4. The second kappa shape index (κ2) is 4.49. The Morgan fingerprint density at radius 3 is 2.67 bits per heavy atom. The number of aliphatic hydroxyl groups excluding tert-OH is 1. The predicted molar refractivity (Wildman–Crippen MR) is 67.0 cm³/mol. The van der Waals surface area contributed by atoms with E-state index in [1.165, 1.54) is 12.8 Å². The van der Waals surface area contributed by atoms with Crippen LogP contribution in [0.15, 0.2) is 0 Å². The number of aliphatic hydroxyl groups is 1. The van der Waals surface area contributed by atoms with Crippen LogP contribution >= 0.6 is 0 Å². The smallest absolute Gasteiger partial charge is 0.226 e. The second-order valence-electron chi connectivity index (χ2n) is 6.28. The predicted octanol–water partition coefficient (Wildman–Crippen LogP) is 1.08. The average Bonchev–Trinajstić information content (AvgIpc) is 3.27. The maximum atomic E-state index is 12.5. The fourth-order valence-electron chi connectivity index (χ4n) is 3.66. The minimum Gasteiger partial charge on any atom is -0.396 e. The third-order valence-electron chi connectivity index (χ3n) is 5.20. The topological polar surface area (TPSA) is 58.6 Å². The van der Waals surface area contributed by atoms with Crippen molar-refractivity contribution < 1.29 is 14.6 Å². The number of nitrogens with one attached hydrogen (secondary N) is 1. The van der Waals surface area contributed by atoms with Gasteiger partial charge >= 0.3 is 0 Å². The van der Waals surface area contributed by atoms with Crippen molar-refractivity contribution in [1.29, 1.82) is 0 Å². The van der Waals surface area contributed by atoms with Gasteiger partial charge in [-0.1, -0.05) is 0 Å². The molecule has 102 valence electrons. The van der Waals surface area contributed by atoms with Crippen molar-refractivity contribution in [3.63, 3.8) is 0 Å². The van der Waals surface area contributed by atoms with Crippen molar-refractivity contribution in [2.75, 3.05) is 26.4 Å². The molecule has 1 saturated heterocycles. The summed E-state index contributed by atoms with van der Waals surface area (Å²) in [5.41, 5.74) is -0.165. The molecule has 0 radical (unpaired) electrons. The van der Waals surface area contributed by atoms with Gasteiger partial charge in [0.15, 0.2) is 0 Å². The Hall–Kier alpha value is -0.610. The molecule has 1 spiro atoms. The molecule has 1 aliphatic heterocycles. The van der Waals surface area contributed by atoms with E-state index in [1.54, 1.807) is 0 Å². The van der Waals surface area contributed by atoms with E-state index in [0.717, 1.165) is 39.0 Å². The van der Waals surface area contributed by atoms with Crippen LogP contribution in [0.25, 0.3) is 0 Å². The number of hydrogen-bond acceptors (Lipinski definition) is 3. The van der Waals surface area contributed by atoms with Crippen LogP contribution in [0.2, 0.25) is 0 Å². The largest absolute Gasteiger partial charge is 0.396 e. The molecule has 2 aliphatic carbocycles. The fourth-order valence-corrected chi connectivity index (χ4v) is 3.66. The van der Waals surface area contributed by atoms with Crippen LogP contribution in [0.1, 0.15) is 38.5 Å². The summed E-state index contributed by atoms with van der Waals surface area (Å²) in [5, 5.41) is 12.4. The summed E-state index contributed by atoms with van der Waals surface area (Å²) in [6, 6.07) is 0. The van der Waals surface area contributed by atoms with E-state index >= 15 is 0 Å². The normalized spacial score (nSPS) is 33.4. The monoisotopic (exact) mass is 253 g/mol. The Morgan fingerprint density at radius 2 is 2.06 bits per heavy atom. The van der Waals surface area contributed by atoms with E-state index in [4.69, 9.17) is 4.74 Å². The molecule has 0 bridgehead atoms. The highest BCUT2D eigenvalue weighted by Gasteiger charge is 2.70. The average molecular weight is 253 g/mol. The van der Waals surface area contributed by atoms with Crippen LogP contribution in [0.4, 0.5) is 0 Å². The molecular formula is C14H23NO3. The Balaban J connectivity index is 1.65. The number of rotatable bonds is 5. The zero-order valence-electron chi connectivity index (χ0n) is 10.9. The lowest BCUT2D eigenvalue weighted by atomic mass is 9.83. The van der Waals surface area contributed by atoms with Crippen LogP contribution < -0.4 is 5.32 Å². The van der Waals surface area contributed by atoms with Gasteiger partial charge in [0, 0.05) is 26.4 Å². The van der Waals surface area contributed by atoms with Gasteiger partial charge in [-0.2, -0.15) is 0 Å². The molecule has 0 aromatic carbocycles. The van der Waals surface area contributed by atoms with E-state index in [9.17, 15) is 9.90 Å². The van der Waals surface area contributed by atoms with Crippen molar-refractivity contribution in [3.05, 3.63) is 0 Å². The number of ether oxygens (including phenoxy) is 1. The van der Waals surface area contributed by atoms with Crippen molar-refractivity contribution >= 4 is 5.91 Å². The molecule has 1 unspecified atom stereocenters. The number of hydrogen-bond donors (Lipinski definition) is 2. The molecule has 1 heterocycles. The van der Waals surface area contributed by atoms with E-state index in [0.29, 0.717) is 12.3 Å². The summed E-state index contributed by atoms with van der Waals surface area (Å²) in [5.74, 6) is 0.898. The summed E-state index contributed by atoms with van der Waals surface area (Å²) in [6.45, 7) is 2.48. The lowest BCUT2D eigenvalue weighted by molar-refractivity contribution is -0.129. The minimum atomic E-state index is -0.291. The quantitative estimate of drug-likeness (QED) is 0.771. The molecule has 4 heteroatoms. The zero-order valence-corrected chi connectivity index (χ0v) is 10.9. The Labute approximate surface area is 108 Å². The maximum absolute atomic E-state index is 12.5. The highest BCUT2D eigenvalue weighted by Crippen LogP contribution is 2.70. The van der Waals surface area contributed by atoms with Gasteiger partial charge in [-0.15, -0.1) is 0 Å². The van der Waals surface area contributed by atoms with Gasteiger partial charge in [0.05, 0.1) is 5.41 Å². The van der Waals surface area contributed by atoms with Gasteiger partial charge in [0.2, 0.25) is 5.91 Å². The third-order valence-corrected chi connectivity index (χ3v) is 5.20.